The number of benzene rings is 2. The summed E-state index contributed by atoms with van der Waals surface area (Å²) in [5.74, 6) is 0. The van der Waals surface area contributed by atoms with Crippen LogP contribution in [0.3, 0.4) is 0 Å². The third-order valence-corrected chi connectivity index (χ3v) is 7.04. The van der Waals surface area contributed by atoms with Gasteiger partial charge in [0.2, 0.25) is 5.69 Å². The van der Waals surface area contributed by atoms with Crippen LogP contribution in [0.2, 0.25) is 0 Å². The van der Waals surface area contributed by atoms with Gasteiger partial charge in [0.1, 0.15) is 7.05 Å². The number of para-hydroxylation sites is 1. The number of morpholine rings is 1. The van der Waals surface area contributed by atoms with E-state index in [1.54, 1.807) is 0 Å². The minimum Gasteiger partial charge on any atom is -0.378 e. The molecule has 3 aliphatic rings. The van der Waals surface area contributed by atoms with Crippen LogP contribution in [0.25, 0.3) is 6.08 Å². The molecule has 2 aromatic carbocycles. The van der Waals surface area contributed by atoms with Gasteiger partial charge in [0.25, 0.3) is 0 Å². The van der Waals surface area contributed by atoms with E-state index in [4.69, 9.17) is 4.74 Å². The molecule has 3 nitrogen and oxygen atoms in total. The van der Waals surface area contributed by atoms with Gasteiger partial charge in [-0.15, -0.1) is 0 Å². The van der Waals surface area contributed by atoms with E-state index >= 15 is 0 Å². The number of hydrogen-bond acceptors (Lipinski definition) is 2. The number of rotatable bonds is 3. The Morgan fingerprint density at radius 2 is 1.62 bits per heavy atom. The van der Waals surface area contributed by atoms with Gasteiger partial charge < -0.3 is 9.64 Å². The molecule has 0 N–H and O–H groups in total. The fourth-order valence-electron chi connectivity index (χ4n) is 5.50. The van der Waals surface area contributed by atoms with Gasteiger partial charge in [0.05, 0.1) is 18.6 Å². The quantitative estimate of drug-likeness (QED) is 0.676. The molecule has 1 saturated carbocycles. The zero-order valence-corrected chi connectivity index (χ0v) is 17.4. The van der Waals surface area contributed by atoms with E-state index in [-0.39, 0.29) is 5.41 Å². The second-order valence-electron chi connectivity index (χ2n) is 8.63. The number of allylic oxidation sites excluding steroid dienone is 1. The summed E-state index contributed by atoms with van der Waals surface area (Å²) in [5.41, 5.74) is 7.15. The second kappa shape index (κ2) is 7.79. The summed E-state index contributed by atoms with van der Waals surface area (Å²) in [6.07, 6.45) is 11.2. The van der Waals surface area contributed by atoms with E-state index in [1.807, 2.05) is 0 Å². The predicted octanol–water partition coefficient (Wildman–Crippen LogP) is 5.17. The van der Waals surface area contributed by atoms with Crippen molar-refractivity contribution in [1.29, 1.82) is 0 Å². The molecule has 150 valence electrons. The molecule has 2 heterocycles. The smallest absolute Gasteiger partial charge is 0.209 e. The Balaban J connectivity index is 1.43. The Labute approximate surface area is 174 Å². The number of ether oxygens (including phenoxy) is 1. The van der Waals surface area contributed by atoms with E-state index in [0.29, 0.717) is 0 Å². The van der Waals surface area contributed by atoms with E-state index in [1.165, 1.54) is 60.3 Å². The summed E-state index contributed by atoms with van der Waals surface area (Å²) >= 11 is 0. The number of anilines is 1. The maximum Gasteiger partial charge on any atom is 0.209 e. The molecule has 0 unspecified atom stereocenters. The Hall–Kier alpha value is -2.39. The molecule has 1 spiro atoms. The third-order valence-electron chi connectivity index (χ3n) is 7.04. The lowest BCUT2D eigenvalue weighted by atomic mass is 9.67. The summed E-state index contributed by atoms with van der Waals surface area (Å²) in [6, 6.07) is 18.0. The lowest BCUT2D eigenvalue weighted by Gasteiger charge is -2.31. The van der Waals surface area contributed by atoms with Crippen molar-refractivity contribution in [3.63, 3.8) is 0 Å². The first kappa shape index (κ1) is 18.6. The maximum atomic E-state index is 5.47. The average molecular weight is 388 g/mol. The van der Waals surface area contributed by atoms with Crippen molar-refractivity contribution in [2.45, 2.75) is 37.5 Å². The molecular formula is C26H31N2O+. The highest BCUT2D eigenvalue weighted by molar-refractivity contribution is 6.06. The Kier molecular flexibility index (Phi) is 5.01. The van der Waals surface area contributed by atoms with Gasteiger partial charge in [-0.05, 0) is 36.6 Å². The van der Waals surface area contributed by atoms with Gasteiger partial charge >= 0.3 is 0 Å². The third kappa shape index (κ3) is 3.32. The molecule has 0 radical (unpaired) electrons. The van der Waals surface area contributed by atoms with Gasteiger partial charge in [0.15, 0.2) is 5.71 Å². The van der Waals surface area contributed by atoms with Crippen molar-refractivity contribution >= 4 is 23.2 Å². The maximum absolute atomic E-state index is 5.47. The molecule has 2 fully saturated rings. The van der Waals surface area contributed by atoms with E-state index in [2.05, 4.69) is 77.2 Å². The number of hydrogen-bond donors (Lipinski definition) is 0. The summed E-state index contributed by atoms with van der Waals surface area (Å²) in [6.45, 7) is 3.63. The molecule has 0 atom stereocenters. The van der Waals surface area contributed by atoms with Gasteiger partial charge in [-0.1, -0.05) is 49.6 Å². The van der Waals surface area contributed by atoms with Crippen molar-refractivity contribution in [3.05, 3.63) is 65.7 Å². The van der Waals surface area contributed by atoms with Crippen molar-refractivity contribution in [2.24, 2.45) is 0 Å². The van der Waals surface area contributed by atoms with Gasteiger partial charge in [-0.2, -0.15) is 4.58 Å². The first-order valence-corrected chi connectivity index (χ1v) is 11.1. The minimum atomic E-state index is 0.202. The molecule has 0 aromatic heterocycles. The Morgan fingerprint density at radius 3 is 2.38 bits per heavy atom. The topological polar surface area (TPSA) is 15.5 Å². The molecule has 1 aliphatic carbocycles. The fraction of sp³-hybridized carbons (Fsp3) is 0.423. The summed E-state index contributed by atoms with van der Waals surface area (Å²) in [5, 5.41) is 0. The summed E-state index contributed by atoms with van der Waals surface area (Å²) in [4.78, 5) is 2.41. The molecule has 2 aliphatic heterocycles. The lowest BCUT2D eigenvalue weighted by Crippen LogP contribution is -2.36. The van der Waals surface area contributed by atoms with Crippen LogP contribution in [-0.4, -0.2) is 43.6 Å². The van der Waals surface area contributed by atoms with Crippen LogP contribution in [0.5, 0.6) is 0 Å². The highest BCUT2D eigenvalue weighted by Gasteiger charge is 2.50. The van der Waals surface area contributed by atoms with Crippen LogP contribution in [0.1, 0.15) is 43.2 Å². The normalized spacial score (nSPS) is 21.2. The zero-order valence-electron chi connectivity index (χ0n) is 17.4. The Morgan fingerprint density at radius 1 is 0.897 bits per heavy atom. The second-order valence-corrected chi connectivity index (χ2v) is 8.63. The molecule has 1 saturated heterocycles. The van der Waals surface area contributed by atoms with Crippen LogP contribution < -0.4 is 4.90 Å². The predicted molar refractivity (Wildman–Crippen MR) is 121 cm³/mol. The van der Waals surface area contributed by atoms with Crippen LogP contribution in [0.15, 0.2) is 54.6 Å². The molecule has 5 rings (SSSR count). The summed E-state index contributed by atoms with van der Waals surface area (Å²) in [7, 11) is 2.24. The van der Waals surface area contributed by atoms with Crippen molar-refractivity contribution in [2.75, 3.05) is 38.3 Å². The molecule has 0 amide bonds. The first-order valence-electron chi connectivity index (χ1n) is 11.1. The Bertz CT molecular complexity index is 929. The standard InChI is InChI=1S/C26H31N2O/c1-27-24-8-4-3-7-23(24)26(15-5-2-6-16-26)25(27)14-11-21-9-12-22(13-10-21)28-17-19-29-20-18-28/h3-4,7-14H,2,5-6,15-20H2,1H3/q+1. The van der Waals surface area contributed by atoms with Crippen molar-refractivity contribution in [1.82, 2.24) is 0 Å². The average Bonchev–Trinajstić information content (AvgIpc) is 3.01. The van der Waals surface area contributed by atoms with Gasteiger partial charge in [0, 0.05) is 36.5 Å². The van der Waals surface area contributed by atoms with Crippen molar-refractivity contribution < 1.29 is 9.31 Å². The molecule has 29 heavy (non-hydrogen) atoms. The number of fused-ring (bicyclic) bond motifs is 2. The SMILES string of the molecule is C[N+]1=C(/C=C/c2ccc(N3CCOCC3)cc2)C2(CCCCC2)c2ccccc21. The van der Waals surface area contributed by atoms with E-state index in [0.717, 1.165) is 26.3 Å². The molecular weight excluding hydrogens is 356 g/mol. The highest BCUT2D eigenvalue weighted by atomic mass is 16.5. The summed E-state index contributed by atoms with van der Waals surface area (Å²) < 4.78 is 7.90. The first-order chi connectivity index (χ1) is 14.3. The zero-order chi connectivity index (χ0) is 19.7. The molecule has 2 aromatic rings. The van der Waals surface area contributed by atoms with Crippen LogP contribution >= 0.6 is 0 Å². The highest BCUT2D eigenvalue weighted by Crippen LogP contribution is 2.48. The lowest BCUT2D eigenvalue weighted by molar-refractivity contribution is -0.401. The van der Waals surface area contributed by atoms with Crippen LogP contribution in [0, 0.1) is 0 Å². The van der Waals surface area contributed by atoms with Crippen LogP contribution in [-0.2, 0) is 10.2 Å². The number of nitrogens with zero attached hydrogens (tertiary/aromatic N) is 2. The van der Waals surface area contributed by atoms with E-state index < -0.39 is 0 Å². The van der Waals surface area contributed by atoms with Gasteiger partial charge in [-0.25, -0.2) is 0 Å². The largest absolute Gasteiger partial charge is 0.378 e. The fourth-order valence-corrected chi connectivity index (χ4v) is 5.50. The minimum absolute atomic E-state index is 0.202. The molecule has 0 bridgehead atoms. The van der Waals surface area contributed by atoms with Crippen molar-refractivity contribution in [3.8, 4) is 0 Å². The van der Waals surface area contributed by atoms with Gasteiger partial charge in [-0.3, -0.25) is 0 Å². The van der Waals surface area contributed by atoms with Crippen LogP contribution in [0.4, 0.5) is 11.4 Å². The molecule has 3 heteroatoms. The van der Waals surface area contributed by atoms with E-state index in [9.17, 15) is 0 Å². The monoisotopic (exact) mass is 387 g/mol.